The van der Waals surface area contributed by atoms with Crippen LogP contribution in [0.15, 0.2) is 39.7 Å². The zero-order valence-corrected chi connectivity index (χ0v) is 14.0. The first kappa shape index (κ1) is 16.9. The number of nitrogens with zero attached hydrogens (tertiary/aromatic N) is 2. The average molecular weight is 398 g/mol. The molecule has 3 atom stereocenters. The monoisotopic (exact) mass is 397 g/mol. The molecular formula is C15H16BrN3O5. The molecule has 0 unspecified atom stereocenters. The summed E-state index contributed by atoms with van der Waals surface area (Å²) in [7, 11) is 0. The first-order chi connectivity index (χ1) is 11.5. The maximum atomic E-state index is 12.3. The molecule has 9 heteroatoms. The molecule has 1 aliphatic heterocycles. The molecular weight excluding hydrogens is 382 g/mol. The Morgan fingerprint density at radius 2 is 2.17 bits per heavy atom. The summed E-state index contributed by atoms with van der Waals surface area (Å²) in [6, 6.07) is 6.58. The van der Waals surface area contributed by atoms with Gasteiger partial charge in [-0.1, -0.05) is 12.1 Å². The first-order valence-electron chi connectivity index (χ1n) is 7.27. The van der Waals surface area contributed by atoms with Crippen LogP contribution in [-0.4, -0.2) is 43.7 Å². The summed E-state index contributed by atoms with van der Waals surface area (Å²) >= 11 is 3.32. The zero-order valence-electron chi connectivity index (χ0n) is 12.5. The summed E-state index contributed by atoms with van der Waals surface area (Å²) in [5, 5.41) is 31.6. The number of phenols is 1. The molecule has 0 bridgehead atoms. The molecule has 4 N–H and O–H groups in total. The van der Waals surface area contributed by atoms with Crippen molar-refractivity contribution in [1.82, 2.24) is 9.55 Å². The molecule has 8 nitrogen and oxygen atoms in total. The predicted octanol–water partition coefficient (Wildman–Crippen LogP) is 1.10. The maximum Gasteiger partial charge on any atom is 0.351 e. The van der Waals surface area contributed by atoms with E-state index in [9.17, 15) is 15.0 Å². The lowest BCUT2D eigenvalue weighted by atomic mass is 10.2. The molecule has 1 aliphatic rings. The Balaban J connectivity index is 1.87. The first-order valence-corrected chi connectivity index (χ1v) is 8.07. The van der Waals surface area contributed by atoms with Crippen molar-refractivity contribution in [2.75, 3.05) is 11.9 Å². The van der Waals surface area contributed by atoms with Gasteiger partial charge in [-0.25, -0.2) is 4.79 Å². The van der Waals surface area contributed by atoms with Gasteiger partial charge in [0.15, 0.2) is 5.82 Å². The van der Waals surface area contributed by atoms with Crippen LogP contribution in [0, 0.1) is 0 Å². The third-order valence-corrected chi connectivity index (χ3v) is 4.34. The normalized spacial score (nSPS) is 23.4. The number of halogens is 1. The van der Waals surface area contributed by atoms with Crippen molar-refractivity contribution >= 4 is 27.4 Å². The van der Waals surface area contributed by atoms with Crippen LogP contribution in [0.1, 0.15) is 12.6 Å². The number of aliphatic hydroxyl groups is 2. The van der Waals surface area contributed by atoms with Gasteiger partial charge in [0, 0.05) is 12.6 Å². The molecule has 1 aromatic heterocycles. The molecule has 3 rings (SSSR count). The van der Waals surface area contributed by atoms with E-state index in [1.807, 2.05) is 0 Å². The molecule has 0 spiro atoms. The van der Waals surface area contributed by atoms with E-state index in [1.54, 1.807) is 18.2 Å². The van der Waals surface area contributed by atoms with Crippen molar-refractivity contribution in [1.29, 1.82) is 0 Å². The summed E-state index contributed by atoms with van der Waals surface area (Å²) in [6.07, 6.45) is -0.586. The van der Waals surface area contributed by atoms with Crippen molar-refractivity contribution in [3.8, 4) is 5.75 Å². The number of ether oxygens (including phenoxy) is 1. The van der Waals surface area contributed by atoms with Crippen molar-refractivity contribution in [3.63, 3.8) is 0 Å². The number of hydrogen-bond acceptors (Lipinski definition) is 7. The van der Waals surface area contributed by atoms with Gasteiger partial charge in [0.1, 0.15) is 18.1 Å². The number of aliphatic hydroxyl groups excluding tert-OH is 2. The highest BCUT2D eigenvalue weighted by Gasteiger charge is 2.35. The second-order valence-corrected chi connectivity index (χ2v) is 6.24. The lowest BCUT2D eigenvalue weighted by Gasteiger charge is -2.16. The van der Waals surface area contributed by atoms with Crippen LogP contribution in [0.25, 0.3) is 0 Å². The second-order valence-electron chi connectivity index (χ2n) is 5.38. The Morgan fingerprint density at radius 3 is 2.83 bits per heavy atom. The molecule has 0 aliphatic carbocycles. The number of aromatic hydroxyl groups is 1. The van der Waals surface area contributed by atoms with Gasteiger partial charge >= 0.3 is 5.69 Å². The van der Waals surface area contributed by atoms with E-state index in [0.29, 0.717) is 10.2 Å². The van der Waals surface area contributed by atoms with Gasteiger partial charge in [-0.15, -0.1) is 0 Å². The van der Waals surface area contributed by atoms with E-state index < -0.39 is 24.1 Å². The number of hydrogen-bond donors (Lipinski definition) is 4. The number of aromatic nitrogens is 2. The van der Waals surface area contributed by atoms with Gasteiger partial charge in [0.25, 0.3) is 0 Å². The molecule has 0 saturated carbocycles. The topological polar surface area (TPSA) is 117 Å². The Labute approximate surface area is 145 Å². The fraction of sp³-hybridized carbons (Fsp3) is 0.333. The number of rotatable bonds is 4. The van der Waals surface area contributed by atoms with Crippen molar-refractivity contribution < 1.29 is 20.1 Å². The molecule has 1 aromatic carbocycles. The van der Waals surface area contributed by atoms with Crippen LogP contribution in [0.2, 0.25) is 0 Å². The van der Waals surface area contributed by atoms with Gasteiger partial charge in [0.2, 0.25) is 0 Å². The molecule has 2 aromatic rings. The van der Waals surface area contributed by atoms with Gasteiger partial charge in [-0.05, 0) is 28.1 Å². The molecule has 1 fully saturated rings. The smallest absolute Gasteiger partial charge is 0.351 e. The molecule has 0 amide bonds. The summed E-state index contributed by atoms with van der Waals surface area (Å²) < 4.78 is 7.20. The Bertz CT molecular complexity index is 797. The number of phenolic OH excluding ortho intramolecular Hbond substituents is 1. The van der Waals surface area contributed by atoms with Gasteiger partial charge in [-0.2, -0.15) is 4.98 Å². The van der Waals surface area contributed by atoms with Gasteiger partial charge < -0.3 is 25.4 Å². The van der Waals surface area contributed by atoms with Gasteiger partial charge in [-0.3, -0.25) is 4.57 Å². The lowest BCUT2D eigenvalue weighted by molar-refractivity contribution is -0.0459. The van der Waals surface area contributed by atoms with Crippen LogP contribution in [0.5, 0.6) is 5.75 Å². The summed E-state index contributed by atoms with van der Waals surface area (Å²) in [6.45, 7) is -0.325. The molecule has 2 heterocycles. The van der Waals surface area contributed by atoms with Crippen molar-refractivity contribution in [2.45, 2.75) is 24.9 Å². The van der Waals surface area contributed by atoms with Crippen LogP contribution in [0.3, 0.4) is 0 Å². The SMILES string of the molecule is O=c1nc(Nc2ccccc2O)c(Br)cn1[C@H]1C[C@H](O)[C@@H](CO)O1. The number of benzene rings is 1. The van der Waals surface area contributed by atoms with Crippen LogP contribution < -0.4 is 11.0 Å². The summed E-state index contributed by atoms with van der Waals surface area (Å²) in [5.74, 6) is 0.276. The second kappa shape index (κ2) is 6.89. The largest absolute Gasteiger partial charge is 0.506 e. The van der Waals surface area contributed by atoms with Crippen LogP contribution in [0.4, 0.5) is 11.5 Å². The summed E-state index contributed by atoms with van der Waals surface area (Å²) in [5.41, 5.74) is -0.164. The van der Waals surface area contributed by atoms with Crippen LogP contribution in [-0.2, 0) is 4.74 Å². The lowest BCUT2D eigenvalue weighted by Crippen LogP contribution is -2.28. The average Bonchev–Trinajstić information content (AvgIpc) is 2.93. The molecule has 24 heavy (non-hydrogen) atoms. The molecule has 1 saturated heterocycles. The van der Waals surface area contributed by atoms with E-state index in [-0.39, 0.29) is 24.6 Å². The Morgan fingerprint density at radius 1 is 1.42 bits per heavy atom. The molecule has 128 valence electrons. The fourth-order valence-electron chi connectivity index (χ4n) is 2.50. The highest BCUT2D eigenvalue weighted by atomic mass is 79.9. The number of nitrogens with one attached hydrogen (secondary N) is 1. The highest BCUT2D eigenvalue weighted by Crippen LogP contribution is 2.31. The minimum Gasteiger partial charge on any atom is -0.506 e. The quantitative estimate of drug-likeness (QED) is 0.570. The predicted molar refractivity (Wildman–Crippen MR) is 89.2 cm³/mol. The van der Waals surface area contributed by atoms with E-state index in [2.05, 4.69) is 26.2 Å². The van der Waals surface area contributed by atoms with Crippen molar-refractivity contribution in [3.05, 3.63) is 45.4 Å². The minimum absolute atomic E-state index is 0.0309. The highest BCUT2D eigenvalue weighted by molar-refractivity contribution is 9.10. The summed E-state index contributed by atoms with van der Waals surface area (Å²) in [4.78, 5) is 16.2. The fourth-order valence-corrected chi connectivity index (χ4v) is 2.90. The van der Waals surface area contributed by atoms with Crippen molar-refractivity contribution in [2.24, 2.45) is 0 Å². The molecule has 0 radical (unpaired) electrons. The third-order valence-electron chi connectivity index (χ3n) is 3.76. The maximum absolute atomic E-state index is 12.3. The van der Waals surface area contributed by atoms with E-state index in [4.69, 9.17) is 9.84 Å². The zero-order chi connectivity index (χ0) is 17.3. The van der Waals surface area contributed by atoms with E-state index in [1.165, 1.54) is 16.8 Å². The standard InChI is InChI=1S/C15H16BrN3O5/c16-8-6-19(13-5-11(22)12(7-20)24-13)15(23)18-14(8)17-9-3-1-2-4-10(9)21/h1-4,6,11-13,20-22H,5,7H2,(H,17,18,23)/t11-,12+,13+/m0/s1. The Kier molecular flexibility index (Phi) is 4.86. The number of anilines is 2. The Hall–Kier alpha value is -1.94. The third kappa shape index (κ3) is 3.29. The van der Waals surface area contributed by atoms with Crippen LogP contribution >= 0.6 is 15.9 Å². The number of para-hydroxylation sites is 2. The minimum atomic E-state index is -0.843. The van der Waals surface area contributed by atoms with Gasteiger partial charge in [0.05, 0.1) is 22.9 Å². The van der Waals surface area contributed by atoms with E-state index >= 15 is 0 Å². The van der Waals surface area contributed by atoms with E-state index in [0.717, 1.165) is 0 Å².